The largest absolute Gasteiger partial charge is 0.490 e. The summed E-state index contributed by atoms with van der Waals surface area (Å²) in [5.74, 6) is -0.524. The molecule has 2 aliphatic heterocycles. The number of halogens is 1. The molecule has 0 spiro atoms. The number of ether oxygens (including phenoxy) is 2. The number of imide groups is 1. The summed E-state index contributed by atoms with van der Waals surface area (Å²) in [6.45, 7) is 2.07. The molecule has 3 amide bonds. The molecule has 7 atom stereocenters. The molecule has 4 aromatic carbocycles. The molecule has 1 aromatic heterocycles. The van der Waals surface area contributed by atoms with Crippen molar-refractivity contribution in [1.82, 2.24) is 4.98 Å². The number of rotatable bonds is 8. The predicted octanol–water partition coefficient (Wildman–Crippen LogP) is 7.45. The number of nitrogens with zero attached hydrogens (tertiary/aromatic N) is 1. The van der Waals surface area contributed by atoms with E-state index >= 15 is 0 Å². The number of thiazole rings is 1. The fourth-order valence-corrected chi connectivity index (χ4v) is 12.1. The van der Waals surface area contributed by atoms with E-state index in [2.05, 4.69) is 26.2 Å². The van der Waals surface area contributed by atoms with Crippen LogP contribution in [0.4, 0.5) is 11.4 Å². The third-order valence-corrected chi connectivity index (χ3v) is 13.9. The number of carbonyl (C=O) groups excluding carboxylic acids is 3. The molecular weight excluding hydrogens is 750 g/mol. The predicted molar refractivity (Wildman–Crippen MR) is 201 cm³/mol. The third-order valence-electron chi connectivity index (χ3n) is 10.8. The third kappa shape index (κ3) is 5.41. The van der Waals surface area contributed by atoms with Crippen molar-refractivity contribution in [3.8, 4) is 11.5 Å². The first-order valence-electron chi connectivity index (χ1n) is 17.0. The van der Waals surface area contributed by atoms with Gasteiger partial charge in [-0.3, -0.25) is 24.1 Å². The van der Waals surface area contributed by atoms with Crippen LogP contribution >= 0.6 is 39.0 Å². The molecule has 9 nitrogen and oxygen atoms in total. The molecule has 3 fully saturated rings. The second-order valence-corrected chi connectivity index (χ2v) is 16.6. The summed E-state index contributed by atoms with van der Waals surface area (Å²) in [6.07, 6.45) is 0.796. The Balaban J connectivity index is 1.00. The lowest BCUT2D eigenvalue weighted by molar-refractivity contribution is -0.123. The van der Waals surface area contributed by atoms with Crippen LogP contribution in [-0.4, -0.2) is 41.2 Å². The normalized spacial score (nSPS) is 25.8. The molecule has 258 valence electrons. The number of carbonyl (C=O) groups is 3. The molecule has 4 aliphatic rings. The first-order valence-corrected chi connectivity index (χ1v) is 19.5. The smallest absolute Gasteiger partial charge is 0.305 e. The number of hydrogen-bond acceptors (Lipinski definition) is 8. The second-order valence-electron chi connectivity index (χ2n) is 13.5. The molecule has 1 saturated heterocycles. The van der Waals surface area contributed by atoms with Gasteiger partial charge in [0, 0.05) is 26.2 Å². The van der Waals surface area contributed by atoms with Gasteiger partial charge in [0.2, 0.25) is 11.8 Å². The maximum absolute atomic E-state index is 14.1. The highest BCUT2D eigenvalue weighted by atomic mass is 79.9. The van der Waals surface area contributed by atoms with Gasteiger partial charge in [0.1, 0.15) is 0 Å². The molecular formula is C39H32BrN3O6S2. The zero-order valence-electron chi connectivity index (χ0n) is 27.3. The van der Waals surface area contributed by atoms with Gasteiger partial charge in [-0.2, -0.15) is 0 Å². The Morgan fingerprint density at radius 3 is 2.45 bits per heavy atom. The maximum Gasteiger partial charge on any atom is 0.305 e. The van der Waals surface area contributed by atoms with Gasteiger partial charge in [-0.25, -0.2) is 0 Å². The van der Waals surface area contributed by atoms with Gasteiger partial charge in [0.15, 0.2) is 18.1 Å². The van der Waals surface area contributed by atoms with E-state index in [1.807, 2.05) is 91.9 Å². The molecule has 2 bridgehead atoms. The second kappa shape index (κ2) is 12.7. The van der Waals surface area contributed by atoms with Crippen LogP contribution in [0.5, 0.6) is 11.5 Å². The van der Waals surface area contributed by atoms with Crippen molar-refractivity contribution in [1.29, 1.82) is 0 Å². The summed E-state index contributed by atoms with van der Waals surface area (Å²) < 4.78 is 13.0. The molecule has 12 heteroatoms. The van der Waals surface area contributed by atoms with Gasteiger partial charge in [-0.1, -0.05) is 63.7 Å². The fourth-order valence-electron chi connectivity index (χ4n) is 8.95. The van der Waals surface area contributed by atoms with Crippen molar-refractivity contribution in [2.24, 2.45) is 29.6 Å². The van der Waals surface area contributed by atoms with Crippen LogP contribution in [0.2, 0.25) is 0 Å². The van der Waals surface area contributed by atoms with Gasteiger partial charge >= 0.3 is 4.87 Å². The molecule has 9 rings (SSSR count). The summed E-state index contributed by atoms with van der Waals surface area (Å²) in [5.41, 5.74) is 2.23. The first kappa shape index (κ1) is 32.5. The lowest BCUT2D eigenvalue weighted by Gasteiger charge is -2.43. The van der Waals surface area contributed by atoms with Crippen LogP contribution in [0, 0.1) is 29.6 Å². The number of benzene rings is 4. The van der Waals surface area contributed by atoms with Gasteiger partial charge < -0.3 is 19.8 Å². The monoisotopic (exact) mass is 781 g/mol. The minimum Gasteiger partial charge on any atom is -0.490 e. The number of H-pyrrole nitrogens is 1. The number of anilines is 2. The van der Waals surface area contributed by atoms with Crippen molar-refractivity contribution in [2.45, 2.75) is 29.5 Å². The summed E-state index contributed by atoms with van der Waals surface area (Å²) in [4.78, 5) is 59.0. The highest BCUT2D eigenvalue weighted by molar-refractivity contribution is 9.10. The Labute approximate surface area is 309 Å². The van der Waals surface area contributed by atoms with Crippen LogP contribution in [-0.2, 0) is 14.4 Å². The lowest BCUT2D eigenvalue weighted by Crippen LogP contribution is -2.42. The molecule has 2 N–H and O–H groups in total. The number of amides is 3. The molecule has 51 heavy (non-hydrogen) atoms. The Hall–Kier alpha value is -4.39. The van der Waals surface area contributed by atoms with E-state index in [-0.39, 0.29) is 64.0 Å². The highest BCUT2D eigenvalue weighted by Crippen LogP contribution is 2.68. The van der Waals surface area contributed by atoms with E-state index in [1.54, 1.807) is 11.8 Å². The SMILES string of the molecule is CCOc1cc([C@H]2c3sc(=O)[nH]c3SC3C4CC(C5C(=O)N(c6ccc(Br)cc6)C(=O)C45)C32)ccc1OCC(=O)Nc1ccc2ccccc2c1. The quantitative estimate of drug-likeness (QED) is 0.157. The zero-order chi connectivity index (χ0) is 35.0. The van der Waals surface area contributed by atoms with E-state index in [0.29, 0.717) is 29.5 Å². The number of aromatic amines is 1. The topological polar surface area (TPSA) is 118 Å². The minimum atomic E-state index is -0.400. The van der Waals surface area contributed by atoms with Crippen LogP contribution in [0.3, 0.4) is 0 Å². The Bertz CT molecular complexity index is 2290. The van der Waals surface area contributed by atoms with E-state index in [4.69, 9.17) is 9.47 Å². The summed E-state index contributed by atoms with van der Waals surface area (Å²) in [5, 5.41) is 5.94. The summed E-state index contributed by atoms with van der Waals surface area (Å²) in [7, 11) is 0. The number of hydrogen-bond donors (Lipinski definition) is 2. The van der Waals surface area contributed by atoms with Crippen molar-refractivity contribution in [3.63, 3.8) is 0 Å². The standard InChI is InChI=1S/C39H32BrN3O6S2/c1-2-48-28-16-21(8-14-27(28)49-18-29(44)41-23-11-7-19-5-3-4-6-20(19)15-23)30-31-25-17-26(34(31)50-36-35(30)51-39(47)42-36)33-32(25)37(45)43(38(33)46)24-12-9-22(40)10-13-24/h3-16,25-26,30-34H,2,17-18H2,1H3,(H,41,44)(H,42,47)/t25?,26?,30-,31?,32?,33?,34?/m1/s1. The Morgan fingerprint density at radius 1 is 0.902 bits per heavy atom. The number of aromatic nitrogens is 1. The van der Waals surface area contributed by atoms with Gasteiger partial charge in [-0.15, -0.1) is 11.8 Å². The van der Waals surface area contributed by atoms with Crippen LogP contribution < -0.4 is 24.6 Å². The van der Waals surface area contributed by atoms with Gasteiger partial charge in [0.05, 0.1) is 29.2 Å². The van der Waals surface area contributed by atoms with Crippen molar-refractivity contribution < 1.29 is 23.9 Å². The Kier molecular flexibility index (Phi) is 8.08. The molecule has 0 radical (unpaired) electrons. The summed E-state index contributed by atoms with van der Waals surface area (Å²) >= 11 is 6.32. The van der Waals surface area contributed by atoms with E-state index in [9.17, 15) is 19.2 Å². The summed E-state index contributed by atoms with van der Waals surface area (Å²) in [6, 6.07) is 26.8. The van der Waals surface area contributed by atoms with E-state index in [0.717, 1.165) is 37.1 Å². The molecule has 6 unspecified atom stereocenters. The molecule has 5 aromatic rings. The van der Waals surface area contributed by atoms with Crippen molar-refractivity contribution in [2.75, 3.05) is 23.4 Å². The van der Waals surface area contributed by atoms with Crippen LogP contribution in [0.25, 0.3) is 10.8 Å². The lowest BCUT2D eigenvalue weighted by atomic mass is 9.68. The fraction of sp³-hybridized carbons (Fsp3) is 0.282. The van der Waals surface area contributed by atoms with Crippen molar-refractivity contribution in [3.05, 3.63) is 110 Å². The minimum absolute atomic E-state index is 0.0148. The number of nitrogens with one attached hydrogen (secondary N) is 2. The molecule has 3 heterocycles. The van der Waals surface area contributed by atoms with Gasteiger partial charge in [0.25, 0.3) is 5.91 Å². The number of thioether (sulfide) groups is 1. The average molecular weight is 783 g/mol. The van der Waals surface area contributed by atoms with Crippen LogP contribution in [0.15, 0.2) is 99.2 Å². The zero-order valence-corrected chi connectivity index (χ0v) is 30.6. The maximum atomic E-state index is 14.1. The molecule has 2 saturated carbocycles. The van der Waals surface area contributed by atoms with Crippen LogP contribution in [0.1, 0.15) is 29.7 Å². The average Bonchev–Trinajstić information content (AvgIpc) is 3.87. The number of fused-ring (bicyclic) bond motifs is 10. The first-order chi connectivity index (χ1) is 24.8. The van der Waals surface area contributed by atoms with E-state index in [1.165, 1.54) is 16.2 Å². The molecule has 2 aliphatic carbocycles. The van der Waals surface area contributed by atoms with Gasteiger partial charge in [-0.05, 0) is 96.0 Å². The Morgan fingerprint density at radius 2 is 1.67 bits per heavy atom. The van der Waals surface area contributed by atoms with Crippen molar-refractivity contribution >= 4 is 78.9 Å². The van der Waals surface area contributed by atoms with E-state index < -0.39 is 5.92 Å². The highest BCUT2D eigenvalue weighted by Gasteiger charge is 2.69.